The molecule has 0 N–H and O–H groups in total. The normalized spacial score (nSPS) is 11.3. The molecule has 4 nitrogen and oxygen atoms in total. The smallest absolute Gasteiger partial charge is 0.274 e. The van der Waals surface area contributed by atoms with Crippen molar-refractivity contribution in [2.75, 3.05) is 20.6 Å². The average molecular weight is 342 g/mol. The summed E-state index contributed by atoms with van der Waals surface area (Å²) in [4.78, 5) is 14.8. The van der Waals surface area contributed by atoms with Gasteiger partial charge in [-0.3, -0.25) is 4.79 Å². The van der Waals surface area contributed by atoms with Gasteiger partial charge in [0.15, 0.2) is 0 Å². The summed E-state index contributed by atoms with van der Waals surface area (Å²) in [6, 6.07) is 15.2. The first-order valence-electron chi connectivity index (χ1n) is 7.97. The lowest BCUT2D eigenvalue weighted by Crippen LogP contribution is -2.26. The monoisotopic (exact) mass is 341 g/mol. The molecule has 0 unspecified atom stereocenters. The Morgan fingerprint density at radius 1 is 1.04 bits per heavy atom. The highest BCUT2D eigenvalue weighted by molar-refractivity contribution is 6.30. The summed E-state index contributed by atoms with van der Waals surface area (Å²) in [6.45, 7) is 1.51. The van der Waals surface area contributed by atoms with E-state index in [1.807, 2.05) is 62.6 Å². The van der Waals surface area contributed by atoms with Crippen LogP contribution < -0.4 is 5.56 Å². The highest BCUT2D eigenvalue weighted by atomic mass is 35.5. The molecule has 0 bridgehead atoms. The van der Waals surface area contributed by atoms with E-state index in [1.54, 1.807) is 4.68 Å². The zero-order valence-electron chi connectivity index (χ0n) is 13.9. The fraction of sp³-hybridized carbons (Fsp3) is 0.263. The fourth-order valence-corrected chi connectivity index (χ4v) is 2.87. The van der Waals surface area contributed by atoms with Crippen molar-refractivity contribution in [2.24, 2.45) is 0 Å². The van der Waals surface area contributed by atoms with Crippen LogP contribution in [-0.2, 0) is 6.54 Å². The van der Waals surface area contributed by atoms with Crippen LogP contribution in [-0.4, -0.2) is 35.3 Å². The summed E-state index contributed by atoms with van der Waals surface area (Å²) in [6.07, 6.45) is 0.873. The quantitative estimate of drug-likeness (QED) is 0.710. The lowest BCUT2D eigenvalue weighted by molar-refractivity contribution is 0.378. The molecule has 0 fully saturated rings. The topological polar surface area (TPSA) is 38.1 Å². The summed E-state index contributed by atoms with van der Waals surface area (Å²) in [7, 11) is 4.05. The molecule has 24 heavy (non-hydrogen) atoms. The van der Waals surface area contributed by atoms with Gasteiger partial charge in [0.1, 0.15) is 0 Å². The lowest BCUT2D eigenvalue weighted by Gasteiger charge is -2.13. The van der Waals surface area contributed by atoms with Gasteiger partial charge in [-0.2, -0.15) is 5.10 Å². The van der Waals surface area contributed by atoms with E-state index < -0.39 is 0 Å². The maximum atomic E-state index is 12.7. The predicted octanol–water partition coefficient (Wildman–Crippen LogP) is 3.67. The van der Waals surface area contributed by atoms with Gasteiger partial charge in [0.05, 0.1) is 11.1 Å². The van der Waals surface area contributed by atoms with Gasteiger partial charge >= 0.3 is 0 Å². The molecule has 5 heteroatoms. The first kappa shape index (κ1) is 16.7. The molecule has 0 amide bonds. The number of hydrogen-bond donors (Lipinski definition) is 0. The van der Waals surface area contributed by atoms with Crippen LogP contribution >= 0.6 is 11.6 Å². The molecule has 0 aliphatic rings. The average Bonchev–Trinajstić information content (AvgIpc) is 2.58. The van der Waals surface area contributed by atoms with Crippen LogP contribution in [0.15, 0.2) is 53.3 Å². The Hall–Kier alpha value is -2.17. The molecule has 0 radical (unpaired) electrons. The van der Waals surface area contributed by atoms with Crippen LogP contribution in [0.25, 0.3) is 22.0 Å². The summed E-state index contributed by atoms with van der Waals surface area (Å²) in [5, 5.41) is 6.89. The minimum absolute atomic E-state index is 0.0398. The van der Waals surface area contributed by atoms with Crippen LogP contribution in [0, 0.1) is 0 Å². The molecule has 0 saturated heterocycles. The number of fused-ring (bicyclic) bond motifs is 1. The van der Waals surface area contributed by atoms with Gasteiger partial charge in [0.25, 0.3) is 5.56 Å². The predicted molar refractivity (Wildman–Crippen MR) is 99.6 cm³/mol. The van der Waals surface area contributed by atoms with E-state index in [-0.39, 0.29) is 5.56 Å². The molecule has 1 heterocycles. The number of aryl methyl sites for hydroxylation is 1. The van der Waals surface area contributed by atoms with Crippen LogP contribution in [0.3, 0.4) is 0 Å². The van der Waals surface area contributed by atoms with Crippen molar-refractivity contribution in [1.82, 2.24) is 14.7 Å². The SMILES string of the molecule is CN(C)CCCn1nc(-c2ccc(Cl)cc2)c2ccccc2c1=O. The molecule has 0 atom stereocenters. The molecule has 3 rings (SSSR count). The molecule has 1 aromatic heterocycles. The van der Waals surface area contributed by atoms with Crippen molar-refractivity contribution < 1.29 is 0 Å². The Bertz CT molecular complexity index is 901. The first-order valence-corrected chi connectivity index (χ1v) is 8.34. The van der Waals surface area contributed by atoms with Crippen LogP contribution in [0.5, 0.6) is 0 Å². The molecule has 2 aromatic carbocycles. The number of rotatable bonds is 5. The van der Waals surface area contributed by atoms with E-state index in [0.29, 0.717) is 17.0 Å². The number of benzene rings is 2. The third kappa shape index (κ3) is 3.50. The third-order valence-electron chi connectivity index (χ3n) is 3.96. The lowest BCUT2D eigenvalue weighted by atomic mass is 10.1. The van der Waals surface area contributed by atoms with E-state index in [9.17, 15) is 4.79 Å². The summed E-state index contributed by atoms with van der Waals surface area (Å²) in [5.74, 6) is 0. The van der Waals surface area contributed by atoms with Gasteiger partial charge in [-0.15, -0.1) is 0 Å². The Balaban J connectivity index is 2.11. The molecule has 0 aliphatic carbocycles. The van der Waals surface area contributed by atoms with E-state index in [2.05, 4.69) is 10.00 Å². The number of aromatic nitrogens is 2. The molecule has 0 aliphatic heterocycles. The van der Waals surface area contributed by atoms with Crippen molar-refractivity contribution in [3.05, 3.63) is 63.9 Å². The van der Waals surface area contributed by atoms with Gasteiger partial charge < -0.3 is 4.90 Å². The van der Waals surface area contributed by atoms with Crippen LogP contribution in [0.4, 0.5) is 0 Å². The van der Waals surface area contributed by atoms with Crippen molar-refractivity contribution >= 4 is 22.4 Å². The van der Waals surface area contributed by atoms with Crippen molar-refractivity contribution in [3.63, 3.8) is 0 Å². The molecule has 3 aromatic rings. The highest BCUT2D eigenvalue weighted by Crippen LogP contribution is 2.25. The van der Waals surface area contributed by atoms with Gasteiger partial charge in [-0.25, -0.2) is 4.68 Å². The number of hydrogen-bond acceptors (Lipinski definition) is 3. The Labute approximate surface area is 146 Å². The summed E-state index contributed by atoms with van der Waals surface area (Å²) in [5.41, 5.74) is 1.73. The maximum Gasteiger partial charge on any atom is 0.274 e. The summed E-state index contributed by atoms with van der Waals surface area (Å²) >= 11 is 5.99. The van der Waals surface area contributed by atoms with Gasteiger partial charge in [0.2, 0.25) is 0 Å². The number of nitrogens with zero attached hydrogens (tertiary/aromatic N) is 3. The molecular formula is C19H20ClN3O. The standard InChI is InChI=1S/C19H20ClN3O/c1-22(2)12-5-13-23-19(24)17-7-4-3-6-16(17)18(21-23)14-8-10-15(20)11-9-14/h3-4,6-11H,5,12-13H2,1-2H3. The molecule has 0 spiro atoms. The first-order chi connectivity index (χ1) is 11.6. The van der Waals surface area contributed by atoms with Crippen LogP contribution in [0.2, 0.25) is 5.02 Å². The fourth-order valence-electron chi connectivity index (χ4n) is 2.74. The van der Waals surface area contributed by atoms with Gasteiger partial charge in [0, 0.05) is 22.5 Å². The molecule has 124 valence electrons. The minimum Gasteiger partial charge on any atom is -0.309 e. The van der Waals surface area contributed by atoms with Crippen molar-refractivity contribution in [1.29, 1.82) is 0 Å². The second-order valence-electron chi connectivity index (χ2n) is 6.09. The summed E-state index contributed by atoms with van der Waals surface area (Å²) < 4.78 is 1.58. The van der Waals surface area contributed by atoms with Crippen molar-refractivity contribution in [3.8, 4) is 11.3 Å². The second-order valence-corrected chi connectivity index (χ2v) is 6.52. The number of halogens is 1. The minimum atomic E-state index is -0.0398. The van der Waals surface area contributed by atoms with Gasteiger partial charge in [-0.05, 0) is 45.3 Å². The largest absolute Gasteiger partial charge is 0.309 e. The zero-order valence-corrected chi connectivity index (χ0v) is 14.6. The third-order valence-corrected chi connectivity index (χ3v) is 4.21. The Morgan fingerprint density at radius 2 is 1.71 bits per heavy atom. The van der Waals surface area contributed by atoms with E-state index in [0.717, 1.165) is 29.6 Å². The molecular weight excluding hydrogens is 322 g/mol. The molecule has 0 saturated carbocycles. The van der Waals surface area contributed by atoms with Crippen molar-refractivity contribution in [2.45, 2.75) is 13.0 Å². The Kier molecular flexibility index (Phi) is 4.97. The van der Waals surface area contributed by atoms with Crippen LogP contribution in [0.1, 0.15) is 6.42 Å². The Morgan fingerprint density at radius 3 is 2.38 bits per heavy atom. The second kappa shape index (κ2) is 7.16. The maximum absolute atomic E-state index is 12.7. The van der Waals surface area contributed by atoms with E-state index in [4.69, 9.17) is 11.6 Å². The van der Waals surface area contributed by atoms with E-state index in [1.165, 1.54) is 0 Å². The zero-order chi connectivity index (χ0) is 17.1. The highest BCUT2D eigenvalue weighted by Gasteiger charge is 2.12. The van der Waals surface area contributed by atoms with E-state index >= 15 is 0 Å². The van der Waals surface area contributed by atoms with Gasteiger partial charge in [-0.1, -0.05) is 41.9 Å².